The van der Waals surface area contributed by atoms with Crippen LogP contribution in [0.1, 0.15) is 5.76 Å². The average Bonchev–Trinajstić information content (AvgIpc) is 2.71. The van der Waals surface area contributed by atoms with Gasteiger partial charge in [0.05, 0.1) is 6.20 Å². The minimum absolute atomic E-state index is 0.179. The molecule has 0 spiro atoms. The normalized spacial score (nSPS) is 10.6. The second kappa shape index (κ2) is 3.24. The first-order valence-electron chi connectivity index (χ1n) is 3.61. The van der Waals surface area contributed by atoms with Crippen LogP contribution in [0.2, 0.25) is 5.22 Å². The van der Waals surface area contributed by atoms with E-state index < -0.39 is 0 Å². The van der Waals surface area contributed by atoms with Gasteiger partial charge in [0.15, 0.2) is 11.0 Å². The lowest BCUT2D eigenvalue weighted by Crippen LogP contribution is -1.73. The van der Waals surface area contributed by atoms with Gasteiger partial charge < -0.3 is 13.9 Å². The largest absolute Gasteiger partial charge is 0.440 e. The fraction of sp³-hybridized carbons (Fsp3) is 0.125. The Balaban J connectivity index is 2.35. The van der Waals surface area contributed by atoms with Crippen LogP contribution < -0.4 is 0 Å². The van der Waals surface area contributed by atoms with Crippen molar-refractivity contribution in [3.05, 3.63) is 29.3 Å². The number of nitrogens with zero attached hydrogens (tertiary/aromatic N) is 1. The maximum absolute atomic E-state index is 8.71. The van der Waals surface area contributed by atoms with Crippen molar-refractivity contribution in [2.45, 2.75) is 6.61 Å². The van der Waals surface area contributed by atoms with Crippen LogP contribution in [-0.4, -0.2) is 10.1 Å². The lowest BCUT2D eigenvalue weighted by Gasteiger charge is -1.87. The molecular weight excluding hydrogens is 194 g/mol. The molecular formula is C8H6ClNO3. The molecule has 2 rings (SSSR count). The van der Waals surface area contributed by atoms with Crippen molar-refractivity contribution >= 4 is 11.6 Å². The van der Waals surface area contributed by atoms with E-state index in [9.17, 15) is 0 Å². The molecule has 5 heteroatoms. The predicted molar refractivity (Wildman–Crippen MR) is 45.1 cm³/mol. The zero-order valence-corrected chi connectivity index (χ0v) is 7.28. The number of aliphatic hydroxyl groups excluding tert-OH is 1. The Morgan fingerprint density at radius 3 is 2.77 bits per heavy atom. The average molecular weight is 200 g/mol. The van der Waals surface area contributed by atoms with E-state index in [2.05, 4.69) is 4.98 Å². The SMILES string of the molecule is OCc1cnc(-c2ccc(Cl)o2)o1. The first kappa shape index (κ1) is 8.34. The summed E-state index contributed by atoms with van der Waals surface area (Å²) in [5, 5.41) is 8.99. The van der Waals surface area contributed by atoms with Gasteiger partial charge >= 0.3 is 0 Å². The first-order chi connectivity index (χ1) is 6.29. The van der Waals surface area contributed by atoms with Gasteiger partial charge in [0.2, 0.25) is 0 Å². The highest BCUT2D eigenvalue weighted by atomic mass is 35.5. The summed E-state index contributed by atoms with van der Waals surface area (Å²) in [5.74, 6) is 1.16. The molecule has 13 heavy (non-hydrogen) atoms. The summed E-state index contributed by atoms with van der Waals surface area (Å²) in [6.45, 7) is -0.179. The molecule has 2 aromatic heterocycles. The lowest BCUT2D eigenvalue weighted by molar-refractivity contribution is 0.248. The molecule has 4 nitrogen and oxygen atoms in total. The molecule has 0 saturated carbocycles. The highest BCUT2D eigenvalue weighted by Crippen LogP contribution is 2.24. The molecule has 0 aromatic carbocycles. The minimum Gasteiger partial charge on any atom is -0.440 e. The van der Waals surface area contributed by atoms with Gasteiger partial charge in [-0.3, -0.25) is 0 Å². The van der Waals surface area contributed by atoms with Crippen molar-refractivity contribution in [3.8, 4) is 11.7 Å². The van der Waals surface area contributed by atoms with Crippen LogP contribution in [-0.2, 0) is 6.61 Å². The van der Waals surface area contributed by atoms with Gasteiger partial charge in [0.1, 0.15) is 12.4 Å². The molecule has 0 aliphatic rings. The van der Waals surface area contributed by atoms with Crippen LogP contribution in [0.25, 0.3) is 11.7 Å². The quantitative estimate of drug-likeness (QED) is 0.805. The Morgan fingerprint density at radius 2 is 2.23 bits per heavy atom. The standard InChI is InChI=1S/C8H6ClNO3/c9-7-2-1-6(13-7)8-10-3-5(4-11)12-8/h1-3,11H,4H2. The second-order valence-electron chi connectivity index (χ2n) is 2.39. The maximum Gasteiger partial charge on any atom is 0.263 e. The predicted octanol–water partition coefficient (Wildman–Crippen LogP) is 2.08. The third kappa shape index (κ3) is 1.59. The monoisotopic (exact) mass is 199 g/mol. The smallest absolute Gasteiger partial charge is 0.263 e. The van der Waals surface area contributed by atoms with Crippen LogP contribution in [0.5, 0.6) is 0 Å². The van der Waals surface area contributed by atoms with Crippen molar-refractivity contribution in [1.82, 2.24) is 4.98 Å². The molecule has 0 fully saturated rings. The lowest BCUT2D eigenvalue weighted by atomic mass is 10.4. The number of hydrogen-bond donors (Lipinski definition) is 1. The van der Waals surface area contributed by atoms with Gasteiger partial charge in [-0.05, 0) is 23.7 Å². The van der Waals surface area contributed by atoms with Gasteiger partial charge in [0, 0.05) is 0 Å². The molecule has 68 valence electrons. The van der Waals surface area contributed by atoms with E-state index in [1.165, 1.54) is 6.20 Å². The summed E-state index contributed by atoms with van der Waals surface area (Å²) >= 11 is 5.57. The molecule has 0 aliphatic carbocycles. The summed E-state index contributed by atoms with van der Waals surface area (Å²) in [6, 6.07) is 3.25. The van der Waals surface area contributed by atoms with Gasteiger partial charge in [-0.2, -0.15) is 0 Å². The van der Waals surface area contributed by atoms with Gasteiger partial charge in [0.25, 0.3) is 5.89 Å². The molecule has 0 bridgehead atoms. The molecule has 0 atom stereocenters. The fourth-order valence-corrected chi connectivity index (χ4v) is 1.07. The Bertz CT molecular complexity index is 407. The third-order valence-electron chi connectivity index (χ3n) is 1.49. The van der Waals surface area contributed by atoms with E-state index in [4.69, 9.17) is 25.5 Å². The van der Waals surface area contributed by atoms with E-state index in [-0.39, 0.29) is 11.8 Å². The van der Waals surface area contributed by atoms with Gasteiger partial charge in [-0.25, -0.2) is 4.98 Å². The van der Waals surface area contributed by atoms with Crippen molar-refractivity contribution in [2.24, 2.45) is 0 Å². The maximum atomic E-state index is 8.71. The number of aromatic nitrogens is 1. The molecule has 0 radical (unpaired) electrons. The topological polar surface area (TPSA) is 59.4 Å². The summed E-state index contributed by atoms with van der Waals surface area (Å²) in [6.07, 6.45) is 1.44. The Kier molecular flexibility index (Phi) is 2.08. The molecule has 0 aliphatic heterocycles. The fourth-order valence-electron chi connectivity index (χ4n) is 0.924. The number of furan rings is 1. The first-order valence-corrected chi connectivity index (χ1v) is 3.98. The van der Waals surface area contributed by atoms with Crippen LogP contribution in [0.3, 0.4) is 0 Å². The van der Waals surface area contributed by atoms with Crippen molar-refractivity contribution in [2.75, 3.05) is 0 Å². The van der Waals surface area contributed by atoms with E-state index in [0.717, 1.165) is 0 Å². The minimum atomic E-state index is -0.179. The van der Waals surface area contributed by atoms with E-state index in [1.807, 2.05) is 0 Å². The van der Waals surface area contributed by atoms with E-state index in [0.29, 0.717) is 17.4 Å². The number of hydrogen-bond acceptors (Lipinski definition) is 4. The molecule has 1 N–H and O–H groups in total. The molecule has 0 amide bonds. The second-order valence-corrected chi connectivity index (χ2v) is 2.77. The highest BCUT2D eigenvalue weighted by molar-refractivity contribution is 6.28. The van der Waals surface area contributed by atoms with Crippen LogP contribution >= 0.6 is 11.6 Å². The molecule has 0 unspecified atom stereocenters. The summed E-state index contributed by atoms with van der Waals surface area (Å²) < 4.78 is 10.2. The van der Waals surface area contributed by atoms with E-state index in [1.54, 1.807) is 12.1 Å². The summed E-state index contributed by atoms with van der Waals surface area (Å²) in [5.41, 5.74) is 0. The zero-order valence-electron chi connectivity index (χ0n) is 6.53. The Hall–Kier alpha value is -1.26. The zero-order chi connectivity index (χ0) is 9.26. The molecule has 2 heterocycles. The number of oxazole rings is 1. The molecule has 0 saturated heterocycles. The van der Waals surface area contributed by atoms with Gasteiger partial charge in [-0.15, -0.1) is 0 Å². The third-order valence-corrected chi connectivity index (χ3v) is 1.70. The van der Waals surface area contributed by atoms with Crippen LogP contribution in [0, 0.1) is 0 Å². The van der Waals surface area contributed by atoms with Crippen LogP contribution in [0.15, 0.2) is 27.2 Å². The van der Waals surface area contributed by atoms with Crippen LogP contribution in [0.4, 0.5) is 0 Å². The molecule has 2 aromatic rings. The van der Waals surface area contributed by atoms with Crippen molar-refractivity contribution in [1.29, 1.82) is 0 Å². The summed E-state index contributed by atoms with van der Waals surface area (Å²) in [4.78, 5) is 3.89. The number of rotatable bonds is 2. The van der Waals surface area contributed by atoms with Gasteiger partial charge in [-0.1, -0.05) is 0 Å². The highest BCUT2D eigenvalue weighted by Gasteiger charge is 2.09. The van der Waals surface area contributed by atoms with E-state index >= 15 is 0 Å². The summed E-state index contributed by atoms with van der Waals surface area (Å²) in [7, 11) is 0. The Labute approximate surface area is 78.8 Å². The van der Waals surface area contributed by atoms with Crippen molar-refractivity contribution < 1.29 is 13.9 Å². The Morgan fingerprint density at radius 1 is 1.38 bits per heavy atom. The number of halogens is 1. The number of aliphatic hydroxyl groups is 1. The van der Waals surface area contributed by atoms with Crippen molar-refractivity contribution in [3.63, 3.8) is 0 Å².